The van der Waals surface area contributed by atoms with Crippen LogP contribution in [0.5, 0.6) is 0 Å². The molecular weight excluding hydrogens is 625 g/mol. The lowest BCUT2D eigenvalue weighted by molar-refractivity contribution is -0.137. The predicted molar refractivity (Wildman–Crippen MR) is 229 cm³/mol. The van der Waals surface area contributed by atoms with Crippen molar-refractivity contribution in [2.75, 3.05) is 13.2 Å². The molecule has 0 bridgehead atoms. The van der Waals surface area contributed by atoms with Gasteiger partial charge in [-0.15, -0.1) is 0 Å². The lowest BCUT2D eigenvalue weighted by Crippen LogP contribution is -1.97. The largest absolute Gasteiger partial charge is 0.481 e. The first kappa shape index (κ1) is 52.5. The summed E-state index contributed by atoms with van der Waals surface area (Å²) in [6.45, 7) is 8.83. The van der Waals surface area contributed by atoms with E-state index in [9.17, 15) is 4.79 Å². The van der Waals surface area contributed by atoms with Crippen LogP contribution in [-0.4, -0.2) is 24.3 Å². The Morgan fingerprint density at radius 1 is 0.294 bits per heavy atom. The normalized spacial score (nSPS) is 11.2. The van der Waals surface area contributed by atoms with Gasteiger partial charge in [0.1, 0.15) is 0 Å². The summed E-state index contributed by atoms with van der Waals surface area (Å²) in [5.41, 5.74) is 0. The molecule has 51 heavy (non-hydrogen) atoms. The molecule has 0 aliphatic carbocycles. The van der Waals surface area contributed by atoms with Crippen molar-refractivity contribution in [2.45, 2.75) is 290 Å². The van der Waals surface area contributed by atoms with Crippen LogP contribution in [0.1, 0.15) is 290 Å². The summed E-state index contributed by atoms with van der Waals surface area (Å²) >= 11 is 0. The summed E-state index contributed by atoms with van der Waals surface area (Å²) in [4.78, 5) is 10.2. The molecule has 0 aromatic heterocycles. The lowest BCUT2D eigenvalue weighted by atomic mass is 10.0. The van der Waals surface area contributed by atoms with E-state index in [4.69, 9.17) is 9.84 Å². The van der Waals surface area contributed by atoms with Crippen LogP contribution in [0.3, 0.4) is 0 Å². The topological polar surface area (TPSA) is 46.5 Å². The highest BCUT2D eigenvalue weighted by Crippen LogP contribution is 2.16. The number of hydrogen-bond acceptors (Lipinski definition) is 2. The van der Waals surface area contributed by atoms with Gasteiger partial charge in [0.15, 0.2) is 0 Å². The first-order valence-electron chi connectivity index (χ1n) is 24.0. The van der Waals surface area contributed by atoms with Crippen LogP contribution in [0.2, 0.25) is 0 Å². The van der Waals surface area contributed by atoms with Gasteiger partial charge in [0, 0.05) is 19.6 Å². The van der Waals surface area contributed by atoms with Crippen molar-refractivity contribution in [3.05, 3.63) is 0 Å². The van der Waals surface area contributed by atoms with Crippen molar-refractivity contribution in [1.82, 2.24) is 0 Å². The summed E-state index contributed by atoms with van der Waals surface area (Å²) in [5.74, 6) is -0.659. The molecule has 0 amide bonds. The van der Waals surface area contributed by atoms with Gasteiger partial charge in [-0.25, -0.2) is 0 Å². The minimum absolute atomic E-state index is 0.343. The number of carbonyl (C=O) groups is 1. The zero-order valence-electron chi connectivity index (χ0n) is 35.9. The van der Waals surface area contributed by atoms with E-state index >= 15 is 0 Å². The van der Waals surface area contributed by atoms with Gasteiger partial charge >= 0.3 is 5.97 Å². The minimum Gasteiger partial charge on any atom is -0.481 e. The van der Waals surface area contributed by atoms with E-state index in [2.05, 4.69) is 20.8 Å². The lowest BCUT2D eigenvalue weighted by Gasteiger charge is -2.06. The monoisotopic (exact) mass is 723 g/mol. The Balaban J connectivity index is 0. The Labute approximate surface area is 323 Å². The van der Waals surface area contributed by atoms with Crippen LogP contribution in [-0.2, 0) is 9.53 Å². The fourth-order valence-electron chi connectivity index (χ4n) is 7.19. The van der Waals surface area contributed by atoms with Crippen LogP contribution in [0.25, 0.3) is 0 Å². The van der Waals surface area contributed by atoms with Gasteiger partial charge in [0.25, 0.3) is 0 Å². The molecule has 0 rings (SSSR count). The molecule has 3 nitrogen and oxygen atoms in total. The maximum atomic E-state index is 10.2. The Morgan fingerprint density at radius 3 is 0.667 bits per heavy atom. The predicted octanol–water partition coefficient (Wildman–Crippen LogP) is 17.5. The second-order valence-corrected chi connectivity index (χ2v) is 16.2. The van der Waals surface area contributed by atoms with Crippen LogP contribution >= 0.6 is 0 Å². The van der Waals surface area contributed by atoms with Crippen LogP contribution in [0.15, 0.2) is 0 Å². The third-order valence-corrected chi connectivity index (χ3v) is 10.8. The zero-order chi connectivity index (χ0) is 37.4. The SMILES string of the molecule is CCCCCCCCCCCC(=O)O.CCCCCCCCCCCCCCCCCCOCCCCCCCCCCCCCCCCCC. The van der Waals surface area contributed by atoms with Crippen molar-refractivity contribution < 1.29 is 14.6 Å². The van der Waals surface area contributed by atoms with Gasteiger partial charge in [-0.2, -0.15) is 0 Å². The van der Waals surface area contributed by atoms with Gasteiger partial charge < -0.3 is 9.84 Å². The van der Waals surface area contributed by atoms with Gasteiger partial charge in [0.2, 0.25) is 0 Å². The van der Waals surface area contributed by atoms with E-state index in [1.807, 2.05) is 0 Å². The van der Waals surface area contributed by atoms with E-state index in [0.29, 0.717) is 6.42 Å². The van der Waals surface area contributed by atoms with Crippen LogP contribution < -0.4 is 0 Å². The van der Waals surface area contributed by atoms with E-state index in [1.165, 1.54) is 250 Å². The molecular formula is C48H98O3. The average molecular weight is 723 g/mol. The molecule has 0 aliphatic heterocycles. The second kappa shape index (κ2) is 51.5. The first-order chi connectivity index (χ1) is 25.2. The Kier molecular flexibility index (Phi) is 53.1. The average Bonchev–Trinajstić information content (AvgIpc) is 3.13. The molecule has 0 fully saturated rings. The molecule has 0 saturated heterocycles. The number of rotatable bonds is 44. The van der Waals surface area contributed by atoms with E-state index < -0.39 is 5.97 Å². The molecule has 0 radical (unpaired) electrons. The minimum atomic E-state index is -0.659. The molecule has 308 valence electrons. The molecule has 0 unspecified atom stereocenters. The molecule has 0 saturated carbocycles. The summed E-state index contributed by atoms with van der Waals surface area (Å²) in [6.07, 6.45) is 57.5. The smallest absolute Gasteiger partial charge is 0.303 e. The molecule has 0 aromatic rings. The van der Waals surface area contributed by atoms with Gasteiger partial charge in [-0.3, -0.25) is 4.79 Å². The van der Waals surface area contributed by atoms with Gasteiger partial charge in [-0.1, -0.05) is 265 Å². The summed E-state index contributed by atoms with van der Waals surface area (Å²) < 4.78 is 5.87. The maximum Gasteiger partial charge on any atom is 0.303 e. The van der Waals surface area contributed by atoms with Gasteiger partial charge in [-0.05, 0) is 19.3 Å². The number of unbranched alkanes of at least 4 members (excludes halogenated alkanes) is 38. The highest BCUT2D eigenvalue weighted by Gasteiger charge is 1.98. The van der Waals surface area contributed by atoms with Crippen molar-refractivity contribution in [1.29, 1.82) is 0 Å². The van der Waals surface area contributed by atoms with Crippen LogP contribution in [0, 0.1) is 0 Å². The van der Waals surface area contributed by atoms with Crippen LogP contribution in [0.4, 0.5) is 0 Å². The molecule has 0 spiro atoms. The van der Waals surface area contributed by atoms with Gasteiger partial charge in [0.05, 0.1) is 0 Å². The Bertz CT molecular complexity index is 557. The molecule has 0 atom stereocenters. The third kappa shape index (κ3) is 56.3. The zero-order valence-corrected chi connectivity index (χ0v) is 35.9. The molecule has 0 aromatic carbocycles. The Morgan fingerprint density at radius 2 is 0.471 bits per heavy atom. The quantitative estimate of drug-likeness (QED) is 0.0637. The number of carboxylic acid groups (broad SMARTS) is 1. The summed E-state index contributed by atoms with van der Waals surface area (Å²) in [7, 11) is 0. The van der Waals surface area contributed by atoms with Crippen molar-refractivity contribution in [2.24, 2.45) is 0 Å². The molecule has 3 heteroatoms. The van der Waals surface area contributed by atoms with Crippen molar-refractivity contribution in [3.63, 3.8) is 0 Å². The van der Waals surface area contributed by atoms with Crippen molar-refractivity contribution in [3.8, 4) is 0 Å². The number of aliphatic carboxylic acids is 1. The molecule has 0 aliphatic rings. The van der Waals surface area contributed by atoms with Crippen molar-refractivity contribution >= 4 is 5.97 Å². The third-order valence-electron chi connectivity index (χ3n) is 10.8. The fraction of sp³-hybridized carbons (Fsp3) is 0.979. The fourth-order valence-corrected chi connectivity index (χ4v) is 7.19. The molecule has 0 heterocycles. The summed E-state index contributed by atoms with van der Waals surface area (Å²) in [6, 6.07) is 0. The number of hydrogen-bond donors (Lipinski definition) is 1. The number of ether oxygens (including phenoxy) is 1. The maximum absolute atomic E-state index is 10.2. The number of carboxylic acids is 1. The second-order valence-electron chi connectivity index (χ2n) is 16.2. The Hall–Kier alpha value is -0.570. The molecule has 1 N–H and O–H groups in total. The highest BCUT2D eigenvalue weighted by molar-refractivity contribution is 5.66. The van der Waals surface area contributed by atoms with E-state index in [-0.39, 0.29) is 0 Å². The first-order valence-corrected chi connectivity index (χ1v) is 24.0. The highest BCUT2D eigenvalue weighted by atomic mass is 16.5. The standard InChI is InChI=1S/C36H74O.C12H24O2/c1-3-5-7-9-11-13-15-17-19-21-23-25-27-29-31-33-35-37-36-34-32-30-28-26-24-22-20-18-16-14-12-10-8-6-4-2;1-2-3-4-5-6-7-8-9-10-11-12(13)14/h3-36H2,1-2H3;2-11H2,1H3,(H,13,14). The van der Waals surface area contributed by atoms with E-state index in [0.717, 1.165) is 26.1 Å². The van der Waals surface area contributed by atoms with E-state index in [1.54, 1.807) is 0 Å². The summed E-state index contributed by atoms with van der Waals surface area (Å²) in [5, 5.41) is 8.41.